The maximum Gasteiger partial charge on any atom is 0.121 e. The van der Waals surface area contributed by atoms with E-state index in [4.69, 9.17) is 4.74 Å². The summed E-state index contributed by atoms with van der Waals surface area (Å²) >= 11 is 0. The number of rotatable bonds is 3. The zero-order chi connectivity index (χ0) is 12.4. The first-order valence-electron chi connectivity index (χ1n) is 5.73. The third-order valence-electron chi connectivity index (χ3n) is 2.89. The van der Waals surface area contributed by atoms with Crippen LogP contribution < -0.4 is 4.74 Å². The minimum atomic E-state index is -0.464. The number of aliphatic hydroxyl groups is 1. The van der Waals surface area contributed by atoms with Crippen LogP contribution >= 0.6 is 0 Å². The number of nitrogens with zero attached hydrogens (tertiary/aromatic N) is 1. The van der Waals surface area contributed by atoms with Crippen LogP contribution in [0.5, 0.6) is 5.75 Å². The number of aromatic nitrogens is 1. The molecule has 0 bridgehead atoms. The van der Waals surface area contributed by atoms with Gasteiger partial charge in [0.25, 0.3) is 0 Å². The normalized spacial score (nSPS) is 13.0. The molecule has 90 valence electrons. The van der Waals surface area contributed by atoms with E-state index in [1.807, 2.05) is 38.1 Å². The summed E-state index contributed by atoms with van der Waals surface area (Å²) in [6.45, 7) is 3.98. The van der Waals surface area contributed by atoms with E-state index < -0.39 is 6.10 Å². The summed E-state index contributed by atoms with van der Waals surface area (Å²) in [5.74, 6) is 0.981. The van der Waals surface area contributed by atoms with Gasteiger partial charge in [-0.1, -0.05) is 13.8 Å². The SMILES string of the molecule is COc1ccc2cc([C@@H](O)C(C)C)cnc2c1. The Labute approximate surface area is 101 Å². The summed E-state index contributed by atoms with van der Waals surface area (Å²) in [4.78, 5) is 4.35. The molecule has 0 saturated carbocycles. The van der Waals surface area contributed by atoms with E-state index in [2.05, 4.69) is 4.98 Å². The Bertz CT molecular complexity index is 523. The molecule has 1 N–H and O–H groups in total. The van der Waals surface area contributed by atoms with Crippen LogP contribution in [0.2, 0.25) is 0 Å². The van der Waals surface area contributed by atoms with Gasteiger partial charge in [-0.2, -0.15) is 0 Å². The molecule has 2 rings (SSSR count). The van der Waals surface area contributed by atoms with E-state index in [1.165, 1.54) is 0 Å². The number of fused-ring (bicyclic) bond motifs is 1. The van der Waals surface area contributed by atoms with Crippen molar-refractivity contribution >= 4 is 10.9 Å². The minimum absolute atomic E-state index is 0.187. The minimum Gasteiger partial charge on any atom is -0.497 e. The monoisotopic (exact) mass is 231 g/mol. The smallest absolute Gasteiger partial charge is 0.121 e. The topological polar surface area (TPSA) is 42.4 Å². The first kappa shape index (κ1) is 11.9. The first-order chi connectivity index (χ1) is 8.11. The Morgan fingerprint density at radius 1 is 1.24 bits per heavy atom. The van der Waals surface area contributed by atoms with Crippen molar-refractivity contribution in [3.63, 3.8) is 0 Å². The molecule has 0 fully saturated rings. The van der Waals surface area contributed by atoms with E-state index in [9.17, 15) is 5.11 Å². The van der Waals surface area contributed by atoms with Crippen molar-refractivity contribution in [2.75, 3.05) is 7.11 Å². The highest BCUT2D eigenvalue weighted by Gasteiger charge is 2.12. The van der Waals surface area contributed by atoms with Gasteiger partial charge in [0.2, 0.25) is 0 Å². The average Bonchev–Trinajstić information content (AvgIpc) is 2.36. The molecule has 0 aliphatic rings. The van der Waals surface area contributed by atoms with E-state index in [0.29, 0.717) is 0 Å². The highest BCUT2D eigenvalue weighted by Crippen LogP contribution is 2.25. The molecule has 1 atom stereocenters. The molecule has 3 nitrogen and oxygen atoms in total. The number of methoxy groups -OCH3 is 1. The molecule has 2 aromatic rings. The second-order valence-electron chi connectivity index (χ2n) is 4.52. The van der Waals surface area contributed by atoms with Crippen molar-refractivity contribution < 1.29 is 9.84 Å². The molecule has 0 radical (unpaired) electrons. The number of hydrogen-bond donors (Lipinski definition) is 1. The Kier molecular flexibility index (Phi) is 3.29. The number of pyridine rings is 1. The van der Waals surface area contributed by atoms with Crippen LogP contribution in [0.4, 0.5) is 0 Å². The van der Waals surface area contributed by atoms with Gasteiger partial charge in [0.15, 0.2) is 0 Å². The van der Waals surface area contributed by atoms with Crippen LogP contribution in [0.25, 0.3) is 10.9 Å². The number of aliphatic hydroxyl groups excluding tert-OH is 1. The van der Waals surface area contributed by atoms with Gasteiger partial charge in [-0.15, -0.1) is 0 Å². The lowest BCUT2D eigenvalue weighted by Gasteiger charge is -2.14. The van der Waals surface area contributed by atoms with E-state index >= 15 is 0 Å². The lowest BCUT2D eigenvalue weighted by molar-refractivity contribution is 0.126. The van der Waals surface area contributed by atoms with E-state index in [-0.39, 0.29) is 5.92 Å². The van der Waals surface area contributed by atoms with Gasteiger partial charge in [0, 0.05) is 17.6 Å². The molecule has 1 aromatic carbocycles. The van der Waals surface area contributed by atoms with Crippen LogP contribution in [0.1, 0.15) is 25.5 Å². The van der Waals surface area contributed by atoms with Crippen molar-refractivity contribution in [3.05, 3.63) is 36.0 Å². The summed E-state index contributed by atoms with van der Waals surface area (Å²) in [6.07, 6.45) is 1.26. The molecular weight excluding hydrogens is 214 g/mol. The molecular formula is C14H17NO2. The zero-order valence-electron chi connectivity index (χ0n) is 10.3. The molecule has 0 saturated heterocycles. The number of ether oxygens (including phenoxy) is 1. The van der Waals surface area contributed by atoms with E-state index in [0.717, 1.165) is 22.2 Å². The van der Waals surface area contributed by atoms with Crippen molar-refractivity contribution in [1.29, 1.82) is 0 Å². The van der Waals surface area contributed by atoms with Gasteiger partial charge >= 0.3 is 0 Å². The lowest BCUT2D eigenvalue weighted by Crippen LogP contribution is -2.05. The second kappa shape index (κ2) is 4.72. The van der Waals surface area contributed by atoms with Crippen LogP contribution in [0, 0.1) is 5.92 Å². The van der Waals surface area contributed by atoms with Crippen LogP contribution in [0.3, 0.4) is 0 Å². The largest absolute Gasteiger partial charge is 0.497 e. The quantitative estimate of drug-likeness (QED) is 0.883. The summed E-state index contributed by atoms with van der Waals surface area (Å²) in [7, 11) is 1.64. The third kappa shape index (κ3) is 2.39. The van der Waals surface area contributed by atoms with Crippen molar-refractivity contribution in [2.45, 2.75) is 20.0 Å². The fraction of sp³-hybridized carbons (Fsp3) is 0.357. The van der Waals surface area contributed by atoms with E-state index in [1.54, 1.807) is 13.3 Å². The van der Waals surface area contributed by atoms with Gasteiger partial charge in [-0.3, -0.25) is 4.98 Å². The third-order valence-corrected chi connectivity index (χ3v) is 2.89. The average molecular weight is 231 g/mol. The molecule has 1 aromatic heterocycles. The van der Waals surface area contributed by atoms with Gasteiger partial charge < -0.3 is 9.84 Å². The summed E-state index contributed by atoms with van der Waals surface area (Å²) < 4.78 is 5.15. The van der Waals surface area contributed by atoms with Crippen molar-refractivity contribution in [1.82, 2.24) is 4.98 Å². The van der Waals surface area contributed by atoms with Gasteiger partial charge in [-0.25, -0.2) is 0 Å². The molecule has 1 heterocycles. The highest BCUT2D eigenvalue weighted by molar-refractivity contribution is 5.80. The highest BCUT2D eigenvalue weighted by atomic mass is 16.5. The lowest BCUT2D eigenvalue weighted by atomic mass is 9.99. The predicted molar refractivity (Wildman–Crippen MR) is 68.1 cm³/mol. The van der Waals surface area contributed by atoms with Crippen molar-refractivity contribution in [2.24, 2.45) is 5.92 Å². The fourth-order valence-electron chi connectivity index (χ4n) is 1.79. The molecule has 0 unspecified atom stereocenters. The number of benzene rings is 1. The Morgan fingerprint density at radius 3 is 2.65 bits per heavy atom. The maximum atomic E-state index is 9.99. The van der Waals surface area contributed by atoms with Gasteiger partial charge in [-0.05, 0) is 29.7 Å². The van der Waals surface area contributed by atoms with Crippen molar-refractivity contribution in [3.8, 4) is 5.75 Å². The van der Waals surface area contributed by atoms with Crippen LogP contribution in [-0.2, 0) is 0 Å². The first-order valence-corrected chi connectivity index (χ1v) is 5.73. The Balaban J connectivity index is 2.44. The molecule has 17 heavy (non-hydrogen) atoms. The fourth-order valence-corrected chi connectivity index (χ4v) is 1.79. The Hall–Kier alpha value is -1.61. The standard InChI is InChI=1S/C14H17NO2/c1-9(2)14(16)11-6-10-4-5-12(17-3)7-13(10)15-8-11/h4-9,14,16H,1-3H3/t14-/m0/s1. The number of hydrogen-bond acceptors (Lipinski definition) is 3. The summed E-state index contributed by atoms with van der Waals surface area (Å²) in [5.41, 5.74) is 1.74. The molecule has 0 aliphatic heterocycles. The maximum absolute atomic E-state index is 9.99. The second-order valence-corrected chi connectivity index (χ2v) is 4.52. The Morgan fingerprint density at radius 2 is 2.00 bits per heavy atom. The van der Waals surface area contributed by atoms with Gasteiger partial charge in [0.05, 0.1) is 18.7 Å². The molecule has 3 heteroatoms. The zero-order valence-corrected chi connectivity index (χ0v) is 10.3. The van der Waals surface area contributed by atoms with Crippen LogP contribution in [0.15, 0.2) is 30.5 Å². The van der Waals surface area contributed by atoms with Gasteiger partial charge in [0.1, 0.15) is 5.75 Å². The summed E-state index contributed by atoms with van der Waals surface area (Å²) in [6, 6.07) is 7.72. The predicted octanol–water partition coefficient (Wildman–Crippen LogP) is 2.93. The summed E-state index contributed by atoms with van der Waals surface area (Å²) in [5, 5.41) is 11.0. The molecule has 0 spiro atoms. The van der Waals surface area contributed by atoms with Crippen LogP contribution in [-0.4, -0.2) is 17.2 Å². The molecule has 0 amide bonds. The molecule has 0 aliphatic carbocycles.